The van der Waals surface area contributed by atoms with Gasteiger partial charge in [-0.2, -0.15) is 13.2 Å². The Morgan fingerprint density at radius 1 is 1.38 bits per heavy atom. The highest BCUT2D eigenvalue weighted by atomic mass is 19.4. The van der Waals surface area contributed by atoms with E-state index in [2.05, 4.69) is 0 Å². The third-order valence-electron chi connectivity index (χ3n) is 2.30. The summed E-state index contributed by atoms with van der Waals surface area (Å²) in [4.78, 5) is 11.5. The molecular formula is C7H8F3NO2. The quantitative estimate of drug-likeness (QED) is 0.529. The lowest BCUT2D eigenvalue weighted by Crippen LogP contribution is -2.46. The summed E-state index contributed by atoms with van der Waals surface area (Å²) in [6.07, 6.45) is -4.29. The summed E-state index contributed by atoms with van der Waals surface area (Å²) < 4.78 is 40.8. The summed E-state index contributed by atoms with van der Waals surface area (Å²) in [6, 6.07) is 0. The lowest BCUT2D eigenvalue weighted by atomic mass is 10.1. The first-order chi connectivity index (χ1) is 5.98. The normalized spacial score (nSPS) is 32.7. The van der Waals surface area contributed by atoms with Crippen LogP contribution in [0.25, 0.3) is 0 Å². The van der Waals surface area contributed by atoms with E-state index in [1.165, 1.54) is 0 Å². The number of fused-ring (bicyclic) bond motifs is 1. The molecule has 6 heteroatoms. The number of halogens is 3. The van der Waals surface area contributed by atoms with Crippen LogP contribution >= 0.6 is 0 Å². The number of ether oxygens (including phenoxy) is 1. The van der Waals surface area contributed by atoms with Crippen molar-refractivity contribution in [2.24, 2.45) is 0 Å². The fourth-order valence-electron chi connectivity index (χ4n) is 1.55. The van der Waals surface area contributed by atoms with Crippen LogP contribution < -0.4 is 0 Å². The van der Waals surface area contributed by atoms with Crippen molar-refractivity contribution in [2.45, 2.75) is 24.8 Å². The molecule has 0 aromatic carbocycles. The molecule has 2 atom stereocenters. The predicted molar refractivity (Wildman–Crippen MR) is 35.9 cm³/mol. The lowest BCUT2D eigenvalue weighted by Gasteiger charge is -2.24. The molecule has 0 radical (unpaired) electrons. The van der Waals surface area contributed by atoms with Gasteiger partial charge in [-0.15, -0.1) is 0 Å². The summed E-state index contributed by atoms with van der Waals surface area (Å²) in [5, 5.41) is 0. The van der Waals surface area contributed by atoms with Crippen LogP contribution in [-0.4, -0.2) is 42.3 Å². The lowest BCUT2D eigenvalue weighted by molar-refractivity contribution is -0.186. The van der Waals surface area contributed by atoms with Crippen LogP contribution in [0.2, 0.25) is 0 Å². The molecule has 0 bridgehead atoms. The maximum Gasteiger partial charge on any atom is 0.471 e. The zero-order valence-electron chi connectivity index (χ0n) is 6.67. The van der Waals surface area contributed by atoms with Crippen molar-refractivity contribution in [1.29, 1.82) is 0 Å². The number of nitrogens with zero attached hydrogens (tertiary/aromatic N) is 1. The van der Waals surface area contributed by atoms with Gasteiger partial charge in [-0.25, -0.2) is 0 Å². The monoisotopic (exact) mass is 195 g/mol. The maximum absolute atomic E-state index is 11.9. The summed E-state index contributed by atoms with van der Waals surface area (Å²) >= 11 is 0. The number of alkyl halides is 3. The number of likely N-dealkylation sites (tertiary alicyclic amines) is 1. The predicted octanol–water partition coefficient (Wildman–Crippen LogP) is 0.548. The SMILES string of the molecule is O=C(N1CC[C@@H]2O[C@@H]2C1)C(F)(F)F. The number of hydrogen-bond acceptors (Lipinski definition) is 2. The van der Waals surface area contributed by atoms with Gasteiger partial charge >= 0.3 is 12.1 Å². The van der Waals surface area contributed by atoms with Crippen molar-refractivity contribution in [3.05, 3.63) is 0 Å². The van der Waals surface area contributed by atoms with Crippen LogP contribution in [0.4, 0.5) is 13.2 Å². The van der Waals surface area contributed by atoms with Crippen molar-refractivity contribution in [3.8, 4) is 0 Å². The molecule has 2 aliphatic heterocycles. The molecule has 3 nitrogen and oxygen atoms in total. The number of amides is 1. The fraction of sp³-hybridized carbons (Fsp3) is 0.857. The van der Waals surface area contributed by atoms with E-state index < -0.39 is 12.1 Å². The van der Waals surface area contributed by atoms with Crippen molar-refractivity contribution in [1.82, 2.24) is 4.90 Å². The van der Waals surface area contributed by atoms with E-state index in [1.54, 1.807) is 0 Å². The molecule has 0 spiro atoms. The second-order valence-electron chi connectivity index (χ2n) is 3.25. The van der Waals surface area contributed by atoms with Gasteiger partial charge in [0.25, 0.3) is 0 Å². The molecule has 2 heterocycles. The maximum atomic E-state index is 11.9. The molecule has 0 aromatic heterocycles. The van der Waals surface area contributed by atoms with Gasteiger partial charge in [0.05, 0.1) is 6.10 Å². The van der Waals surface area contributed by atoms with Gasteiger partial charge in [0, 0.05) is 13.1 Å². The summed E-state index contributed by atoms with van der Waals surface area (Å²) in [5.74, 6) is -1.75. The second kappa shape index (κ2) is 2.60. The Balaban J connectivity index is 1.97. The third-order valence-corrected chi connectivity index (χ3v) is 2.30. The molecule has 2 aliphatic rings. The van der Waals surface area contributed by atoms with Crippen molar-refractivity contribution < 1.29 is 22.7 Å². The molecule has 74 valence electrons. The Hall–Kier alpha value is -0.780. The molecule has 0 aliphatic carbocycles. The minimum Gasteiger partial charge on any atom is -0.368 e. The Morgan fingerprint density at radius 3 is 2.62 bits per heavy atom. The first-order valence-electron chi connectivity index (χ1n) is 4.00. The number of carbonyl (C=O) groups is 1. The van der Waals surface area contributed by atoms with Crippen molar-refractivity contribution in [2.75, 3.05) is 13.1 Å². The Kier molecular flexibility index (Phi) is 1.76. The highest BCUT2D eigenvalue weighted by Crippen LogP contribution is 2.32. The van der Waals surface area contributed by atoms with Gasteiger partial charge in [0.15, 0.2) is 0 Å². The first-order valence-corrected chi connectivity index (χ1v) is 4.00. The van der Waals surface area contributed by atoms with Crippen molar-refractivity contribution in [3.63, 3.8) is 0 Å². The van der Waals surface area contributed by atoms with Gasteiger partial charge in [-0.1, -0.05) is 0 Å². The molecular weight excluding hydrogens is 187 g/mol. The third kappa shape index (κ3) is 1.63. The molecule has 0 N–H and O–H groups in total. The summed E-state index contributed by atoms with van der Waals surface area (Å²) in [5.41, 5.74) is 0. The fourth-order valence-corrected chi connectivity index (χ4v) is 1.55. The molecule has 0 unspecified atom stereocenters. The standard InChI is InChI=1S/C7H8F3NO2/c8-7(9,10)6(12)11-2-1-4-5(3-11)13-4/h4-5H,1-3H2/t4-,5+/m0/s1. The number of hydrogen-bond donors (Lipinski definition) is 0. The molecule has 1 amide bonds. The molecule has 2 fully saturated rings. The minimum atomic E-state index is -4.75. The highest BCUT2D eigenvalue weighted by molar-refractivity contribution is 5.82. The van der Waals surface area contributed by atoms with E-state index in [9.17, 15) is 18.0 Å². The topological polar surface area (TPSA) is 32.8 Å². The zero-order valence-corrected chi connectivity index (χ0v) is 6.67. The van der Waals surface area contributed by atoms with Gasteiger partial charge in [-0.05, 0) is 6.42 Å². The second-order valence-corrected chi connectivity index (χ2v) is 3.25. The average Bonchev–Trinajstić information content (AvgIpc) is 2.78. The summed E-state index contributed by atoms with van der Waals surface area (Å²) in [7, 11) is 0. The number of rotatable bonds is 0. The smallest absolute Gasteiger partial charge is 0.368 e. The van der Waals surface area contributed by atoms with Crippen LogP contribution in [0.1, 0.15) is 6.42 Å². The van der Waals surface area contributed by atoms with E-state index in [4.69, 9.17) is 4.74 Å². The van der Waals surface area contributed by atoms with E-state index in [0.717, 1.165) is 4.90 Å². The average molecular weight is 195 g/mol. The van der Waals surface area contributed by atoms with E-state index in [0.29, 0.717) is 6.42 Å². The molecule has 0 aromatic rings. The highest BCUT2D eigenvalue weighted by Gasteiger charge is 2.50. The molecule has 13 heavy (non-hydrogen) atoms. The van der Waals surface area contributed by atoms with Crippen LogP contribution in [0.3, 0.4) is 0 Å². The van der Waals surface area contributed by atoms with Gasteiger partial charge in [0.2, 0.25) is 0 Å². The van der Waals surface area contributed by atoms with Crippen LogP contribution in [0.5, 0.6) is 0 Å². The van der Waals surface area contributed by atoms with E-state index in [-0.39, 0.29) is 25.3 Å². The molecule has 0 saturated carbocycles. The Labute approximate surface area is 72.4 Å². The van der Waals surface area contributed by atoms with Crippen LogP contribution in [0, 0.1) is 0 Å². The first kappa shape index (κ1) is 8.80. The van der Waals surface area contributed by atoms with Gasteiger partial charge < -0.3 is 9.64 Å². The van der Waals surface area contributed by atoms with E-state index in [1.807, 2.05) is 0 Å². The summed E-state index contributed by atoms with van der Waals surface area (Å²) in [6.45, 7) is 0.239. The molecule has 2 rings (SSSR count). The van der Waals surface area contributed by atoms with Crippen LogP contribution in [0.15, 0.2) is 0 Å². The number of carbonyl (C=O) groups excluding carboxylic acids is 1. The van der Waals surface area contributed by atoms with Crippen molar-refractivity contribution >= 4 is 5.91 Å². The Morgan fingerprint density at radius 2 is 2.08 bits per heavy atom. The zero-order chi connectivity index (χ0) is 9.64. The van der Waals surface area contributed by atoms with E-state index >= 15 is 0 Å². The largest absolute Gasteiger partial charge is 0.471 e. The Bertz CT molecular complexity index is 240. The number of epoxide rings is 1. The van der Waals surface area contributed by atoms with Gasteiger partial charge in [-0.3, -0.25) is 4.79 Å². The minimum absolute atomic E-state index is 0.0863. The van der Waals surface area contributed by atoms with Crippen LogP contribution in [-0.2, 0) is 9.53 Å². The molecule has 2 saturated heterocycles. The number of piperidine rings is 1. The van der Waals surface area contributed by atoms with Gasteiger partial charge in [0.1, 0.15) is 6.10 Å².